The molecule has 1 aliphatic rings. The Bertz CT molecular complexity index is 342. The number of halogens is 1. The molecule has 1 nitrogen and oxygen atoms in total. The number of rotatable bonds is 2. The van der Waals surface area contributed by atoms with Crippen LogP contribution in [0.4, 0.5) is 0 Å². The molecule has 0 heterocycles. The third-order valence-electron chi connectivity index (χ3n) is 3.66. The lowest BCUT2D eigenvalue weighted by molar-refractivity contribution is 0.503. The largest absolute Gasteiger partial charge is 0.330 e. The monoisotopic (exact) mass is 209 g/mol. The van der Waals surface area contributed by atoms with Gasteiger partial charge in [-0.3, -0.25) is 0 Å². The van der Waals surface area contributed by atoms with Crippen LogP contribution in [0.5, 0.6) is 0 Å². The average molecular weight is 210 g/mol. The maximum atomic E-state index is 5.88. The van der Waals surface area contributed by atoms with Crippen LogP contribution in [0, 0.1) is 5.41 Å². The molecule has 1 unspecified atom stereocenters. The van der Waals surface area contributed by atoms with E-state index in [-0.39, 0.29) is 5.41 Å². The van der Waals surface area contributed by atoms with E-state index in [9.17, 15) is 0 Å². The van der Waals surface area contributed by atoms with Gasteiger partial charge < -0.3 is 5.73 Å². The summed E-state index contributed by atoms with van der Waals surface area (Å²) in [5, 5.41) is 0.791. The molecule has 2 heteroatoms. The Hall–Kier alpha value is -0.530. The van der Waals surface area contributed by atoms with Gasteiger partial charge in [-0.1, -0.05) is 37.6 Å². The summed E-state index contributed by atoms with van der Waals surface area (Å²) < 4.78 is 0. The summed E-state index contributed by atoms with van der Waals surface area (Å²) in [6.07, 6.45) is 1.18. The minimum absolute atomic E-state index is 0.192. The second kappa shape index (κ2) is 2.98. The zero-order valence-corrected chi connectivity index (χ0v) is 9.43. The molecule has 0 amide bonds. The van der Waals surface area contributed by atoms with Crippen LogP contribution in [0.2, 0.25) is 5.02 Å². The first-order chi connectivity index (χ1) is 6.52. The summed E-state index contributed by atoms with van der Waals surface area (Å²) in [6, 6.07) is 8.10. The van der Waals surface area contributed by atoms with Crippen molar-refractivity contribution in [1.29, 1.82) is 0 Å². The van der Waals surface area contributed by atoms with Crippen LogP contribution in [0.15, 0.2) is 24.3 Å². The predicted octanol–water partition coefficient (Wildman–Crippen LogP) is 2.97. The van der Waals surface area contributed by atoms with Crippen LogP contribution in [0.1, 0.15) is 25.8 Å². The Morgan fingerprint density at radius 1 is 1.29 bits per heavy atom. The molecule has 0 aromatic heterocycles. The second-order valence-electron chi connectivity index (χ2n) is 4.85. The van der Waals surface area contributed by atoms with E-state index in [1.54, 1.807) is 0 Å². The normalized spacial score (nSPS) is 28.9. The standard InChI is InChI=1S/C12H16ClN/c1-11(2)7-12(11,8-14)9-3-5-10(13)6-4-9/h3-6H,7-8,14H2,1-2H3. The summed E-state index contributed by atoms with van der Waals surface area (Å²) >= 11 is 5.87. The minimum atomic E-state index is 0.192. The van der Waals surface area contributed by atoms with E-state index in [1.165, 1.54) is 12.0 Å². The molecule has 0 spiro atoms. The Labute approximate surface area is 90.3 Å². The van der Waals surface area contributed by atoms with Crippen LogP contribution in [-0.4, -0.2) is 6.54 Å². The van der Waals surface area contributed by atoms with E-state index < -0.39 is 0 Å². The van der Waals surface area contributed by atoms with Crippen LogP contribution >= 0.6 is 11.6 Å². The quantitative estimate of drug-likeness (QED) is 0.797. The van der Waals surface area contributed by atoms with Gasteiger partial charge in [-0.2, -0.15) is 0 Å². The average Bonchev–Trinajstić information content (AvgIpc) is 2.71. The number of nitrogens with two attached hydrogens (primary N) is 1. The lowest BCUT2D eigenvalue weighted by Gasteiger charge is -2.18. The lowest BCUT2D eigenvalue weighted by Crippen LogP contribution is -2.25. The fourth-order valence-electron chi connectivity index (χ4n) is 2.44. The highest BCUT2D eigenvalue weighted by atomic mass is 35.5. The van der Waals surface area contributed by atoms with E-state index in [0.717, 1.165) is 11.6 Å². The molecule has 0 bridgehead atoms. The number of hydrogen-bond acceptors (Lipinski definition) is 1. The van der Waals surface area contributed by atoms with Crippen molar-refractivity contribution in [2.45, 2.75) is 25.7 Å². The van der Waals surface area contributed by atoms with Crippen LogP contribution in [0.25, 0.3) is 0 Å². The van der Waals surface area contributed by atoms with Gasteiger partial charge in [0.05, 0.1) is 0 Å². The predicted molar refractivity (Wildman–Crippen MR) is 60.6 cm³/mol. The van der Waals surface area contributed by atoms with Gasteiger partial charge in [-0.15, -0.1) is 0 Å². The molecule has 0 radical (unpaired) electrons. The smallest absolute Gasteiger partial charge is 0.0406 e. The fourth-order valence-corrected chi connectivity index (χ4v) is 2.56. The number of benzene rings is 1. The van der Waals surface area contributed by atoms with E-state index >= 15 is 0 Å². The summed E-state index contributed by atoms with van der Waals surface area (Å²) in [5.74, 6) is 0. The third kappa shape index (κ3) is 1.27. The molecule has 1 atom stereocenters. The van der Waals surface area contributed by atoms with E-state index in [2.05, 4.69) is 26.0 Å². The Kier molecular flexibility index (Phi) is 2.13. The van der Waals surface area contributed by atoms with Gasteiger partial charge in [-0.05, 0) is 29.5 Å². The number of hydrogen-bond donors (Lipinski definition) is 1. The first kappa shape index (κ1) is 10.0. The maximum Gasteiger partial charge on any atom is 0.0406 e. The van der Waals surface area contributed by atoms with E-state index in [1.807, 2.05) is 12.1 Å². The molecular weight excluding hydrogens is 194 g/mol. The highest BCUT2D eigenvalue weighted by molar-refractivity contribution is 6.30. The highest BCUT2D eigenvalue weighted by Gasteiger charge is 2.60. The summed E-state index contributed by atoms with van der Waals surface area (Å²) in [7, 11) is 0. The molecule has 1 aromatic carbocycles. The molecule has 1 aromatic rings. The summed E-state index contributed by atoms with van der Waals surface area (Å²) in [4.78, 5) is 0. The molecule has 2 N–H and O–H groups in total. The zero-order chi connectivity index (χ0) is 10.4. The van der Waals surface area contributed by atoms with Crippen molar-refractivity contribution in [3.05, 3.63) is 34.9 Å². The molecular formula is C12H16ClN. The molecule has 0 aliphatic heterocycles. The van der Waals surface area contributed by atoms with E-state index in [4.69, 9.17) is 17.3 Å². The zero-order valence-electron chi connectivity index (χ0n) is 8.68. The third-order valence-corrected chi connectivity index (χ3v) is 3.91. The van der Waals surface area contributed by atoms with Crippen molar-refractivity contribution in [1.82, 2.24) is 0 Å². The Morgan fingerprint density at radius 3 is 2.14 bits per heavy atom. The summed E-state index contributed by atoms with van der Waals surface area (Å²) in [6.45, 7) is 5.27. The van der Waals surface area contributed by atoms with Gasteiger partial charge in [-0.25, -0.2) is 0 Å². The molecule has 1 fully saturated rings. The van der Waals surface area contributed by atoms with Gasteiger partial charge in [0.15, 0.2) is 0 Å². The molecule has 1 aliphatic carbocycles. The Balaban J connectivity index is 2.36. The van der Waals surface area contributed by atoms with Crippen molar-refractivity contribution in [2.75, 3.05) is 6.54 Å². The summed E-state index contributed by atoms with van der Waals surface area (Å²) in [5.41, 5.74) is 7.74. The van der Waals surface area contributed by atoms with Crippen LogP contribution in [-0.2, 0) is 5.41 Å². The van der Waals surface area contributed by atoms with Crippen molar-refractivity contribution in [2.24, 2.45) is 11.1 Å². The van der Waals surface area contributed by atoms with Crippen LogP contribution in [0.3, 0.4) is 0 Å². The lowest BCUT2D eigenvalue weighted by atomic mass is 9.88. The topological polar surface area (TPSA) is 26.0 Å². The molecule has 2 rings (SSSR count). The molecule has 14 heavy (non-hydrogen) atoms. The van der Waals surface area contributed by atoms with Gasteiger partial charge in [0, 0.05) is 17.0 Å². The second-order valence-corrected chi connectivity index (χ2v) is 5.29. The highest BCUT2D eigenvalue weighted by Crippen LogP contribution is 2.63. The van der Waals surface area contributed by atoms with Crippen molar-refractivity contribution in [3.63, 3.8) is 0 Å². The van der Waals surface area contributed by atoms with Crippen molar-refractivity contribution in [3.8, 4) is 0 Å². The molecule has 76 valence electrons. The van der Waals surface area contributed by atoms with Gasteiger partial charge in [0.1, 0.15) is 0 Å². The molecule has 0 saturated heterocycles. The minimum Gasteiger partial charge on any atom is -0.330 e. The first-order valence-corrected chi connectivity index (χ1v) is 5.36. The van der Waals surface area contributed by atoms with Gasteiger partial charge >= 0.3 is 0 Å². The van der Waals surface area contributed by atoms with Gasteiger partial charge in [0.2, 0.25) is 0 Å². The SMILES string of the molecule is CC1(C)CC1(CN)c1ccc(Cl)cc1. The van der Waals surface area contributed by atoms with Gasteiger partial charge in [0.25, 0.3) is 0 Å². The molecule has 1 saturated carbocycles. The van der Waals surface area contributed by atoms with Crippen molar-refractivity contribution < 1.29 is 0 Å². The maximum absolute atomic E-state index is 5.88. The first-order valence-electron chi connectivity index (χ1n) is 4.98. The fraction of sp³-hybridized carbons (Fsp3) is 0.500. The van der Waals surface area contributed by atoms with Crippen molar-refractivity contribution >= 4 is 11.6 Å². The van der Waals surface area contributed by atoms with Crippen LogP contribution < -0.4 is 5.73 Å². The Morgan fingerprint density at radius 2 is 1.79 bits per heavy atom. The van der Waals surface area contributed by atoms with E-state index in [0.29, 0.717) is 5.41 Å².